The maximum atomic E-state index is 5.08. The van der Waals surface area contributed by atoms with Gasteiger partial charge >= 0.3 is 0 Å². The molecule has 0 radical (unpaired) electrons. The van der Waals surface area contributed by atoms with E-state index in [9.17, 15) is 0 Å². The monoisotopic (exact) mass is 578 g/mol. The molecule has 210 valence electrons. The van der Waals surface area contributed by atoms with E-state index < -0.39 is 0 Å². The fourth-order valence-corrected chi connectivity index (χ4v) is 5.98. The zero-order chi connectivity index (χ0) is 29.7. The van der Waals surface area contributed by atoms with E-state index in [0.717, 1.165) is 43.8 Å². The molecule has 2 N–H and O–H groups in total. The molecule has 7 aromatic heterocycles. The summed E-state index contributed by atoms with van der Waals surface area (Å²) in [7, 11) is 7.96. The van der Waals surface area contributed by atoms with E-state index in [1.165, 1.54) is 0 Å². The fraction of sp³-hybridized carbons (Fsp3) is 0.125. The van der Waals surface area contributed by atoms with Crippen molar-refractivity contribution in [1.82, 2.24) is 39.9 Å². The van der Waals surface area contributed by atoms with Crippen LogP contribution >= 0.6 is 0 Å². The third-order valence-corrected chi connectivity index (χ3v) is 8.15. The molecule has 0 saturated carbocycles. The lowest BCUT2D eigenvalue weighted by atomic mass is 10.1. The summed E-state index contributed by atoms with van der Waals surface area (Å²) < 4.78 is 7.99. The van der Waals surface area contributed by atoms with Crippen molar-refractivity contribution in [1.29, 1.82) is 0 Å². The van der Waals surface area contributed by atoms with Crippen LogP contribution in [-0.4, -0.2) is 39.9 Å². The molecule has 0 aromatic carbocycles. The maximum absolute atomic E-state index is 5.08. The van der Waals surface area contributed by atoms with Crippen molar-refractivity contribution < 1.29 is 18.3 Å². The summed E-state index contributed by atoms with van der Waals surface area (Å²) in [5.74, 6) is 2.29. The van der Waals surface area contributed by atoms with Gasteiger partial charge in [-0.1, -0.05) is 0 Å². The summed E-state index contributed by atoms with van der Waals surface area (Å²) >= 11 is 0. The van der Waals surface area contributed by atoms with Crippen molar-refractivity contribution in [2.45, 2.75) is 0 Å². The van der Waals surface area contributed by atoms with Crippen molar-refractivity contribution in [3.05, 3.63) is 73.8 Å². The van der Waals surface area contributed by atoms with Crippen LogP contribution in [0.2, 0.25) is 0 Å². The summed E-state index contributed by atoms with van der Waals surface area (Å²) in [5.41, 5.74) is 6.24. The minimum atomic E-state index is 0.572. The van der Waals surface area contributed by atoms with Crippen LogP contribution in [0.4, 0.5) is 0 Å². The number of aromatic nitrogens is 12. The maximum Gasteiger partial charge on any atom is 0.180 e. The lowest BCUT2D eigenvalue weighted by Gasteiger charge is -1.95. The van der Waals surface area contributed by atoms with Gasteiger partial charge in [0.25, 0.3) is 0 Å². The van der Waals surface area contributed by atoms with Crippen molar-refractivity contribution in [3.63, 3.8) is 0 Å². The Kier molecular flexibility index (Phi) is 4.87. The highest BCUT2D eigenvalue weighted by Gasteiger charge is 2.25. The van der Waals surface area contributed by atoms with Gasteiger partial charge in [0.15, 0.2) is 72.9 Å². The van der Waals surface area contributed by atoms with Gasteiger partial charge in [0, 0.05) is 46.2 Å². The Balaban J connectivity index is 1.51. The predicted molar refractivity (Wildman–Crippen MR) is 161 cm³/mol. The number of H-pyrrole nitrogens is 2. The molecule has 44 heavy (non-hydrogen) atoms. The second-order valence-corrected chi connectivity index (χ2v) is 11.4. The van der Waals surface area contributed by atoms with Crippen LogP contribution in [0, 0.1) is 0 Å². The normalized spacial score (nSPS) is 12.1. The van der Waals surface area contributed by atoms with E-state index in [4.69, 9.17) is 29.9 Å². The number of aromatic amines is 2. The van der Waals surface area contributed by atoms with Crippen molar-refractivity contribution >= 4 is 44.1 Å². The van der Waals surface area contributed by atoms with Crippen LogP contribution in [0.15, 0.2) is 73.8 Å². The molecular formula is C32H26N12+4. The molecule has 8 bridgehead atoms. The largest absolute Gasteiger partial charge is 0.324 e. The van der Waals surface area contributed by atoms with Crippen LogP contribution in [0.5, 0.6) is 0 Å². The average Bonchev–Trinajstić information content (AvgIpc) is 3.71. The van der Waals surface area contributed by atoms with Gasteiger partial charge in [-0.2, -0.15) is 0 Å². The summed E-state index contributed by atoms with van der Waals surface area (Å²) in [4.78, 5) is 37.2. The summed E-state index contributed by atoms with van der Waals surface area (Å²) in [5, 5.41) is 3.71. The number of aryl methyl sites for hydroxylation is 4. The minimum Gasteiger partial charge on any atom is -0.324 e. The summed E-state index contributed by atoms with van der Waals surface area (Å²) in [6, 6.07) is 8.13. The van der Waals surface area contributed by atoms with E-state index in [0.29, 0.717) is 45.9 Å². The molecule has 9 heterocycles. The first-order valence-electron chi connectivity index (χ1n) is 14.2. The molecule has 2 aliphatic rings. The zero-order valence-electron chi connectivity index (χ0n) is 24.4. The molecule has 2 aliphatic heterocycles. The molecule has 0 amide bonds. The average molecular weight is 579 g/mol. The molecule has 12 heteroatoms. The molecule has 7 aromatic rings. The Morgan fingerprint density at radius 2 is 0.727 bits per heavy atom. The molecular weight excluding hydrogens is 552 g/mol. The quantitative estimate of drug-likeness (QED) is 0.266. The van der Waals surface area contributed by atoms with E-state index in [1.54, 1.807) is 0 Å². The molecule has 0 aliphatic carbocycles. The third kappa shape index (κ3) is 3.63. The van der Waals surface area contributed by atoms with Crippen molar-refractivity contribution in [2.75, 3.05) is 0 Å². The number of hydrogen-bond acceptors (Lipinski definition) is 6. The molecule has 0 unspecified atom stereocenters. The minimum absolute atomic E-state index is 0.572. The SMILES string of the molecule is C[n+]1ccc2c(c1)-c1nc-2nc2[nH]c(nc3nc(nc4[nH]c(n1)c1cc[n+](C)cc41)-c1cc[n+](C)cc1-3)c1cc[n+](C)cc21. The van der Waals surface area contributed by atoms with Gasteiger partial charge in [0.05, 0.1) is 21.9 Å². The highest BCUT2D eigenvalue weighted by Crippen LogP contribution is 2.35. The van der Waals surface area contributed by atoms with Gasteiger partial charge in [-0.15, -0.1) is 0 Å². The van der Waals surface area contributed by atoms with Gasteiger partial charge in [-0.05, 0) is 0 Å². The Morgan fingerprint density at radius 1 is 0.386 bits per heavy atom. The molecule has 9 rings (SSSR count). The van der Waals surface area contributed by atoms with Gasteiger partial charge in [0.1, 0.15) is 50.8 Å². The van der Waals surface area contributed by atoms with Crippen LogP contribution in [0.3, 0.4) is 0 Å². The highest BCUT2D eigenvalue weighted by molar-refractivity contribution is 6.05. The molecule has 0 fully saturated rings. The Morgan fingerprint density at radius 3 is 1.16 bits per heavy atom. The summed E-state index contributed by atoms with van der Waals surface area (Å²) in [6.07, 6.45) is 16.1. The first-order valence-corrected chi connectivity index (χ1v) is 14.2. The molecule has 0 saturated heterocycles. The fourth-order valence-electron chi connectivity index (χ4n) is 5.98. The van der Waals surface area contributed by atoms with Gasteiger partial charge in [-0.3, -0.25) is 0 Å². The van der Waals surface area contributed by atoms with Crippen LogP contribution in [0.1, 0.15) is 0 Å². The Hall–Kier alpha value is -6.04. The number of rotatable bonds is 0. The lowest BCUT2D eigenvalue weighted by Crippen LogP contribution is -2.26. The zero-order valence-corrected chi connectivity index (χ0v) is 24.4. The molecule has 0 atom stereocenters. The van der Waals surface area contributed by atoms with E-state index in [2.05, 4.69) is 9.97 Å². The lowest BCUT2D eigenvalue weighted by molar-refractivity contribution is -0.671. The topological polar surface area (TPSA) is 124 Å². The van der Waals surface area contributed by atoms with E-state index in [-0.39, 0.29) is 0 Å². The van der Waals surface area contributed by atoms with Gasteiger partial charge < -0.3 is 9.97 Å². The van der Waals surface area contributed by atoms with Crippen LogP contribution in [0.25, 0.3) is 89.7 Å². The standard InChI is InChI=1S/C32H25N12/c1-41-9-5-17-21(13-41)29-33-25(17)38-30-23-15-43(3)11-7-19(23)27(35-30)40-32-24-16-44(4)12-8-20(24)28(36-32)39-31-22-14-42(2)10-6-18(22)26(34-31)37-29/h5-16H,1-4H3,(H,33,34,35,36,37,38,39,40)/q+3/p+1. The number of fused-ring (bicyclic) bond motifs is 20. The van der Waals surface area contributed by atoms with Gasteiger partial charge in [0.2, 0.25) is 0 Å². The summed E-state index contributed by atoms with van der Waals surface area (Å²) in [6.45, 7) is 0. The number of nitrogens with one attached hydrogen (secondary N) is 2. The second kappa shape index (κ2) is 8.74. The number of pyridine rings is 4. The third-order valence-electron chi connectivity index (χ3n) is 8.15. The van der Waals surface area contributed by atoms with Crippen LogP contribution < -0.4 is 18.3 Å². The van der Waals surface area contributed by atoms with E-state index >= 15 is 0 Å². The predicted octanol–water partition coefficient (Wildman–Crippen LogP) is 2.17. The van der Waals surface area contributed by atoms with Crippen molar-refractivity contribution in [2.24, 2.45) is 28.2 Å². The second-order valence-electron chi connectivity index (χ2n) is 11.4. The Bertz CT molecular complexity index is 2380. The number of hydrogen-bond donors (Lipinski definition) is 2. The molecule has 12 nitrogen and oxygen atoms in total. The first-order chi connectivity index (χ1) is 21.4. The number of nitrogens with zero attached hydrogens (tertiary/aromatic N) is 10. The molecule has 0 spiro atoms. The van der Waals surface area contributed by atoms with Gasteiger partial charge in [-0.25, -0.2) is 48.2 Å². The Labute approximate surface area is 249 Å². The smallest absolute Gasteiger partial charge is 0.180 e. The van der Waals surface area contributed by atoms with E-state index in [1.807, 2.05) is 120 Å². The van der Waals surface area contributed by atoms with Crippen LogP contribution in [-0.2, 0) is 28.2 Å². The highest BCUT2D eigenvalue weighted by atomic mass is 15.1. The van der Waals surface area contributed by atoms with Crippen molar-refractivity contribution in [3.8, 4) is 45.6 Å². The first kappa shape index (κ1) is 24.5.